The van der Waals surface area contributed by atoms with Gasteiger partial charge in [-0.3, -0.25) is 4.79 Å². The van der Waals surface area contributed by atoms with Crippen LogP contribution in [-0.2, 0) is 0 Å². The van der Waals surface area contributed by atoms with Gasteiger partial charge in [0.05, 0.1) is 25.3 Å². The van der Waals surface area contributed by atoms with Crippen molar-refractivity contribution in [1.29, 1.82) is 10.5 Å². The number of anilines is 1. The lowest BCUT2D eigenvalue weighted by Crippen LogP contribution is -2.44. The SMILES string of the molecule is COc1ccc([C@@H]2[C@H](C(=O)c3ccccc3)N3c4ccc(Cl)cc4C=C[C@H]3C2(C#N)C#N)cc1. The normalized spacial score (nSPS) is 21.6. The van der Waals surface area contributed by atoms with Crippen LogP contribution in [0.5, 0.6) is 5.75 Å². The number of hydrogen-bond donors (Lipinski definition) is 0. The summed E-state index contributed by atoms with van der Waals surface area (Å²) in [6, 6.07) is 25.0. The van der Waals surface area contributed by atoms with Crippen molar-refractivity contribution >= 4 is 29.1 Å². The topological polar surface area (TPSA) is 77.1 Å². The van der Waals surface area contributed by atoms with Gasteiger partial charge in [-0.25, -0.2) is 0 Å². The number of benzene rings is 3. The van der Waals surface area contributed by atoms with Crippen LogP contribution in [0, 0.1) is 28.1 Å². The Hall–Kier alpha value is -4.06. The summed E-state index contributed by atoms with van der Waals surface area (Å²) in [6.07, 6.45) is 3.73. The summed E-state index contributed by atoms with van der Waals surface area (Å²) in [5.74, 6) is -0.183. The Labute approximate surface area is 203 Å². The predicted molar refractivity (Wildman–Crippen MR) is 131 cm³/mol. The monoisotopic (exact) mass is 465 g/mol. The molecule has 0 unspecified atom stereocenters. The molecular weight excluding hydrogens is 446 g/mol. The molecule has 6 heteroatoms. The Kier molecular flexibility index (Phi) is 5.36. The van der Waals surface area contributed by atoms with Gasteiger partial charge in [0.1, 0.15) is 11.8 Å². The lowest BCUT2D eigenvalue weighted by atomic mass is 9.69. The molecule has 5 nitrogen and oxygen atoms in total. The molecule has 0 radical (unpaired) electrons. The van der Waals surface area contributed by atoms with Crippen molar-refractivity contribution in [1.82, 2.24) is 0 Å². The van der Waals surface area contributed by atoms with Gasteiger partial charge < -0.3 is 9.64 Å². The third-order valence-corrected chi connectivity index (χ3v) is 7.00. The number of ketones is 1. The van der Waals surface area contributed by atoms with Crippen molar-refractivity contribution in [2.75, 3.05) is 12.0 Å². The first-order chi connectivity index (χ1) is 16.5. The number of carbonyl (C=O) groups excluding carboxylic acids is 1. The Balaban J connectivity index is 1.77. The highest BCUT2D eigenvalue weighted by molar-refractivity contribution is 6.30. The summed E-state index contributed by atoms with van der Waals surface area (Å²) in [7, 11) is 1.58. The lowest BCUT2D eigenvalue weighted by Gasteiger charge is -2.35. The number of fused-ring (bicyclic) bond motifs is 3. The molecule has 5 rings (SSSR count). The van der Waals surface area contributed by atoms with Crippen molar-refractivity contribution in [3.63, 3.8) is 0 Å². The van der Waals surface area contributed by atoms with Gasteiger partial charge in [0.15, 0.2) is 11.2 Å². The second-order valence-corrected chi connectivity index (χ2v) is 8.87. The Bertz CT molecular complexity index is 1360. The average molecular weight is 466 g/mol. The first-order valence-corrected chi connectivity index (χ1v) is 11.2. The number of halogens is 1. The predicted octanol–water partition coefficient (Wildman–Crippen LogP) is 5.63. The van der Waals surface area contributed by atoms with Gasteiger partial charge in [-0.1, -0.05) is 66.2 Å². The number of Topliss-reactive ketones (excluding diaryl/α,β-unsaturated/α-hetero) is 1. The van der Waals surface area contributed by atoms with Crippen LogP contribution < -0.4 is 9.64 Å². The van der Waals surface area contributed by atoms with E-state index in [1.54, 1.807) is 37.4 Å². The van der Waals surface area contributed by atoms with E-state index in [9.17, 15) is 15.3 Å². The van der Waals surface area contributed by atoms with Crippen molar-refractivity contribution < 1.29 is 9.53 Å². The highest BCUT2D eigenvalue weighted by Crippen LogP contribution is 2.55. The first-order valence-electron chi connectivity index (χ1n) is 10.9. The molecular formula is C28H20ClN3O2. The molecule has 0 spiro atoms. The molecule has 2 aliphatic rings. The van der Waals surface area contributed by atoms with Crippen LogP contribution in [-0.4, -0.2) is 25.0 Å². The van der Waals surface area contributed by atoms with Gasteiger partial charge in [0.25, 0.3) is 0 Å². The molecule has 0 saturated carbocycles. The van der Waals surface area contributed by atoms with Gasteiger partial charge in [-0.15, -0.1) is 0 Å². The molecule has 1 saturated heterocycles. The van der Waals surface area contributed by atoms with Crippen molar-refractivity contribution in [3.8, 4) is 17.9 Å². The zero-order chi connectivity index (χ0) is 23.9. The molecule has 0 N–H and O–H groups in total. The third-order valence-electron chi connectivity index (χ3n) is 6.77. The molecule has 166 valence electrons. The van der Waals surface area contributed by atoms with Crippen LogP contribution >= 0.6 is 11.6 Å². The summed E-state index contributed by atoms with van der Waals surface area (Å²) in [4.78, 5) is 16.0. The largest absolute Gasteiger partial charge is 0.497 e. The Morgan fingerprint density at radius 2 is 1.74 bits per heavy atom. The van der Waals surface area contributed by atoms with Crippen LogP contribution in [0.3, 0.4) is 0 Å². The van der Waals surface area contributed by atoms with Gasteiger partial charge in [0, 0.05) is 22.2 Å². The van der Waals surface area contributed by atoms with Crippen molar-refractivity contribution in [2.45, 2.75) is 18.0 Å². The van der Waals surface area contributed by atoms with Gasteiger partial charge in [-0.2, -0.15) is 10.5 Å². The van der Waals surface area contributed by atoms with E-state index < -0.39 is 23.4 Å². The van der Waals surface area contributed by atoms with Crippen molar-refractivity contribution in [3.05, 3.63) is 101 Å². The maximum Gasteiger partial charge on any atom is 0.185 e. The second-order valence-electron chi connectivity index (χ2n) is 8.43. The van der Waals surface area contributed by atoms with Gasteiger partial charge in [0.2, 0.25) is 0 Å². The Morgan fingerprint density at radius 3 is 2.38 bits per heavy atom. The molecule has 2 heterocycles. The molecule has 1 fully saturated rings. The average Bonchev–Trinajstić information content (AvgIpc) is 3.19. The van der Waals surface area contributed by atoms with Crippen LogP contribution in [0.1, 0.15) is 27.4 Å². The van der Waals surface area contributed by atoms with E-state index in [2.05, 4.69) is 12.1 Å². The fraction of sp³-hybridized carbons (Fsp3) is 0.179. The summed E-state index contributed by atoms with van der Waals surface area (Å²) in [5.41, 5.74) is 1.39. The van der Waals surface area contributed by atoms with E-state index in [0.29, 0.717) is 16.3 Å². The number of hydrogen-bond acceptors (Lipinski definition) is 5. The molecule has 0 aromatic heterocycles. The number of methoxy groups -OCH3 is 1. The fourth-order valence-electron chi connectivity index (χ4n) is 5.22. The summed E-state index contributed by atoms with van der Waals surface area (Å²) < 4.78 is 5.30. The van der Waals surface area contributed by atoms with E-state index >= 15 is 0 Å². The van der Waals surface area contributed by atoms with Crippen LogP contribution in [0.25, 0.3) is 6.08 Å². The maximum atomic E-state index is 14.1. The standard InChI is InChI=1S/C28H20ClN3O2/c1-34-22-11-7-18(8-12-22)25-26(27(33)19-5-3-2-4-6-19)32-23-13-10-21(29)15-20(23)9-14-24(32)28(25,16-30)17-31/h2-15,24-26H,1H3/t24-,25+,26+/m0/s1. The Morgan fingerprint density at radius 1 is 1.03 bits per heavy atom. The molecule has 2 aliphatic heterocycles. The lowest BCUT2D eigenvalue weighted by molar-refractivity contribution is 0.0951. The van der Waals surface area contributed by atoms with Crippen LogP contribution in [0.15, 0.2) is 78.9 Å². The smallest absolute Gasteiger partial charge is 0.185 e. The third kappa shape index (κ3) is 3.17. The first kappa shape index (κ1) is 21.8. The minimum absolute atomic E-state index is 0.144. The quantitative estimate of drug-likeness (QED) is 0.466. The summed E-state index contributed by atoms with van der Waals surface area (Å²) in [6.45, 7) is 0. The van der Waals surface area contributed by atoms with E-state index in [-0.39, 0.29) is 5.78 Å². The minimum atomic E-state index is -1.49. The minimum Gasteiger partial charge on any atom is -0.497 e. The molecule has 0 bridgehead atoms. The molecule has 3 atom stereocenters. The van der Waals surface area contributed by atoms with E-state index in [1.165, 1.54) is 0 Å². The van der Waals surface area contributed by atoms with Gasteiger partial charge in [-0.05, 0) is 41.5 Å². The van der Waals surface area contributed by atoms with E-state index in [4.69, 9.17) is 16.3 Å². The zero-order valence-electron chi connectivity index (χ0n) is 18.4. The number of nitriles is 2. The number of nitrogens with zero attached hydrogens (tertiary/aromatic N) is 3. The summed E-state index contributed by atoms with van der Waals surface area (Å²) in [5, 5.41) is 21.5. The summed E-state index contributed by atoms with van der Waals surface area (Å²) >= 11 is 6.24. The van der Waals surface area contributed by atoms with Crippen molar-refractivity contribution in [2.24, 2.45) is 5.41 Å². The second kappa shape index (κ2) is 8.37. The van der Waals surface area contributed by atoms with Crippen LogP contribution in [0.2, 0.25) is 5.02 Å². The maximum absolute atomic E-state index is 14.1. The number of rotatable bonds is 4. The zero-order valence-corrected chi connectivity index (χ0v) is 19.1. The van der Waals surface area contributed by atoms with E-state index in [1.807, 2.05) is 59.5 Å². The fourth-order valence-corrected chi connectivity index (χ4v) is 5.40. The highest BCUT2D eigenvalue weighted by atomic mass is 35.5. The van der Waals surface area contributed by atoms with E-state index in [0.717, 1.165) is 16.8 Å². The molecule has 0 amide bonds. The molecule has 34 heavy (non-hydrogen) atoms. The molecule has 0 aliphatic carbocycles. The highest BCUT2D eigenvalue weighted by Gasteiger charge is 2.63. The van der Waals surface area contributed by atoms with Gasteiger partial charge >= 0.3 is 0 Å². The number of carbonyl (C=O) groups is 1. The molecule has 3 aromatic carbocycles. The number of ether oxygens (including phenoxy) is 1. The molecule has 3 aromatic rings. The van der Waals surface area contributed by atoms with Crippen LogP contribution in [0.4, 0.5) is 5.69 Å².